The van der Waals surface area contributed by atoms with Gasteiger partial charge in [-0.15, -0.1) is 0 Å². The van der Waals surface area contributed by atoms with Crippen LogP contribution in [0.1, 0.15) is 23.1 Å². The van der Waals surface area contributed by atoms with Crippen LogP contribution in [0.3, 0.4) is 0 Å². The van der Waals surface area contributed by atoms with Crippen LogP contribution in [0, 0.1) is 5.95 Å². The molecule has 1 aliphatic heterocycles. The van der Waals surface area contributed by atoms with Gasteiger partial charge in [-0.25, -0.2) is 4.98 Å². The Hall–Kier alpha value is -2.36. The van der Waals surface area contributed by atoms with E-state index >= 15 is 0 Å². The van der Waals surface area contributed by atoms with Crippen molar-refractivity contribution in [3.05, 3.63) is 59.2 Å². The lowest BCUT2D eigenvalue weighted by atomic mass is 10.0. The van der Waals surface area contributed by atoms with Gasteiger partial charge in [0.05, 0.1) is 23.0 Å². The van der Waals surface area contributed by atoms with Crippen molar-refractivity contribution >= 4 is 5.69 Å². The van der Waals surface area contributed by atoms with E-state index in [2.05, 4.69) is 10.3 Å². The molecule has 1 aliphatic rings. The molecule has 0 aliphatic carbocycles. The second-order valence-corrected chi connectivity index (χ2v) is 6.57. The molecule has 0 radical (unpaired) electrons. The summed E-state index contributed by atoms with van der Waals surface area (Å²) in [4.78, 5) is 5.48. The Kier molecular flexibility index (Phi) is 5.51. The summed E-state index contributed by atoms with van der Waals surface area (Å²) in [6.45, 7) is 0.965. The SMILES string of the molecule is Fc1ccc(N2CCC(NCc3cc(C(F)(F)F)cc(C(F)(F)F)c3)C2)cn1. The number of nitrogens with zero attached hydrogens (tertiary/aromatic N) is 2. The van der Waals surface area contributed by atoms with Crippen molar-refractivity contribution < 1.29 is 30.7 Å². The molecule has 2 heterocycles. The summed E-state index contributed by atoms with van der Waals surface area (Å²) in [5, 5.41) is 3.00. The zero-order chi connectivity index (χ0) is 20.5. The lowest BCUT2D eigenvalue weighted by molar-refractivity contribution is -0.143. The van der Waals surface area contributed by atoms with Gasteiger partial charge in [0.15, 0.2) is 0 Å². The first-order valence-electron chi connectivity index (χ1n) is 8.40. The van der Waals surface area contributed by atoms with Crippen molar-refractivity contribution in [2.24, 2.45) is 0 Å². The maximum atomic E-state index is 12.9. The molecule has 1 aromatic heterocycles. The van der Waals surface area contributed by atoms with Crippen molar-refractivity contribution in [3.8, 4) is 0 Å². The first-order chi connectivity index (χ1) is 13.0. The Labute approximate surface area is 156 Å². The molecule has 1 N–H and O–H groups in total. The number of rotatable bonds is 4. The van der Waals surface area contributed by atoms with Crippen LogP contribution in [0.25, 0.3) is 0 Å². The van der Waals surface area contributed by atoms with Gasteiger partial charge in [-0.3, -0.25) is 0 Å². The van der Waals surface area contributed by atoms with Gasteiger partial charge in [0, 0.05) is 25.7 Å². The van der Waals surface area contributed by atoms with E-state index < -0.39 is 29.4 Å². The number of alkyl halides is 6. The molecule has 28 heavy (non-hydrogen) atoms. The van der Waals surface area contributed by atoms with Gasteiger partial charge in [-0.1, -0.05) is 0 Å². The molecule has 1 saturated heterocycles. The average Bonchev–Trinajstić information content (AvgIpc) is 3.08. The predicted octanol–water partition coefficient (Wildman–Crippen LogP) is 4.63. The van der Waals surface area contributed by atoms with Crippen molar-refractivity contribution in [3.63, 3.8) is 0 Å². The van der Waals surface area contributed by atoms with E-state index in [-0.39, 0.29) is 24.2 Å². The van der Waals surface area contributed by atoms with E-state index in [1.807, 2.05) is 4.90 Å². The van der Waals surface area contributed by atoms with Crippen molar-refractivity contribution in [1.29, 1.82) is 0 Å². The lowest BCUT2D eigenvalue weighted by Crippen LogP contribution is -2.32. The normalized spacial score (nSPS) is 18.0. The Morgan fingerprint density at radius 3 is 2.18 bits per heavy atom. The summed E-state index contributed by atoms with van der Waals surface area (Å²) in [6.07, 6.45) is -7.71. The number of nitrogens with one attached hydrogen (secondary N) is 1. The highest BCUT2D eigenvalue weighted by Gasteiger charge is 2.37. The third kappa shape index (κ3) is 4.92. The van der Waals surface area contributed by atoms with Gasteiger partial charge in [-0.2, -0.15) is 30.7 Å². The Morgan fingerprint density at radius 2 is 1.64 bits per heavy atom. The van der Waals surface area contributed by atoms with Crippen LogP contribution in [0.15, 0.2) is 36.5 Å². The molecule has 0 saturated carbocycles. The van der Waals surface area contributed by atoms with Gasteiger partial charge in [-0.05, 0) is 42.3 Å². The van der Waals surface area contributed by atoms with Crippen LogP contribution in [-0.2, 0) is 18.9 Å². The molecular weight excluding hydrogens is 391 g/mol. The molecule has 1 aromatic carbocycles. The fourth-order valence-electron chi connectivity index (χ4n) is 3.10. The predicted molar refractivity (Wildman–Crippen MR) is 88.1 cm³/mol. The third-order valence-corrected chi connectivity index (χ3v) is 4.51. The van der Waals surface area contributed by atoms with E-state index in [0.717, 1.165) is 12.1 Å². The molecule has 152 valence electrons. The van der Waals surface area contributed by atoms with Crippen molar-refractivity contribution in [2.45, 2.75) is 31.4 Å². The molecule has 1 unspecified atom stereocenters. The van der Waals surface area contributed by atoms with Gasteiger partial charge in [0.1, 0.15) is 0 Å². The number of anilines is 1. The van der Waals surface area contributed by atoms with E-state index in [9.17, 15) is 30.7 Å². The molecule has 0 spiro atoms. The van der Waals surface area contributed by atoms with Crippen LogP contribution in [0.4, 0.5) is 36.4 Å². The molecule has 1 fully saturated rings. The second-order valence-electron chi connectivity index (χ2n) is 6.57. The summed E-state index contributed by atoms with van der Waals surface area (Å²) in [7, 11) is 0. The number of aromatic nitrogens is 1. The zero-order valence-corrected chi connectivity index (χ0v) is 14.4. The summed E-state index contributed by atoms with van der Waals surface area (Å²) < 4.78 is 90.4. The maximum absolute atomic E-state index is 12.9. The van der Waals surface area contributed by atoms with Crippen LogP contribution >= 0.6 is 0 Å². The van der Waals surface area contributed by atoms with E-state index in [1.54, 1.807) is 6.07 Å². The number of hydrogen-bond donors (Lipinski definition) is 1. The molecule has 3 nitrogen and oxygen atoms in total. The maximum Gasteiger partial charge on any atom is 0.416 e. The average molecular weight is 407 g/mol. The molecular formula is C18H16F7N3. The number of benzene rings is 1. The summed E-state index contributed by atoms with van der Waals surface area (Å²) >= 11 is 0. The molecule has 0 amide bonds. The van der Waals surface area contributed by atoms with Crippen molar-refractivity contribution in [1.82, 2.24) is 10.3 Å². The number of halogens is 7. The van der Waals surface area contributed by atoms with Crippen LogP contribution in [0.5, 0.6) is 0 Å². The van der Waals surface area contributed by atoms with Gasteiger partial charge in [0.25, 0.3) is 0 Å². The van der Waals surface area contributed by atoms with E-state index in [4.69, 9.17) is 0 Å². The fraction of sp³-hybridized carbons (Fsp3) is 0.389. The quantitative estimate of drug-likeness (QED) is 0.592. The minimum absolute atomic E-state index is 0.0935. The molecule has 10 heteroatoms. The zero-order valence-electron chi connectivity index (χ0n) is 14.4. The minimum atomic E-state index is -4.87. The Morgan fingerprint density at radius 1 is 1.00 bits per heavy atom. The largest absolute Gasteiger partial charge is 0.416 e. The highest BCUT2D eigenvalue weighted by Crippen LogP contribution is 2.36. The fourth-order valence-corrected chi connectivity index (χ4v) is 3.10. The van der Waals surface area contributed by atoms with Crippen LogP contribution < -0.4 is 10.2 Å². The molecule has 1 atom stereocenters. The van der Waals surface area contributed by atoms with Gasteiger partial charge in [0.2, 0.25) is 5.95 Å². The third-order valence-electron chi connectivity index (χ3n) is 4.51. The smallest absolute Gasteiger partial charge is 0.369 e. The Balaban J connectivity index is 1.68. The minimum Gasteiger partial charge on any atom is -0.369 e. The second kappa shape index (κ2) is 7.57. The number of pyridine rings is 1. The van der Waals surface area contributed by atoms with Gasteiger partial charge < -0.3 is 10.2 Å². The van der Waals surface area contributed by atoms with Gasteiger partial charge >= 0.3 is 12.4 Å². The standard InChI is InChI=1S/C18H16F7N3/c19-16-2-1-15(9-27-16)28-4-3-14(10-28)26-8-11-5-12(17(20,21)22)7-13(6-11)18(23,24)25/h1-2,5-7,9,14,26H,3-4,8,10H2. The van der Waals surface area contributed by atoms with Crippen molar-refractivity contribution in [2.75, 3.05) is 18.0 Å². The Bertz CT molecular complexity index is 783. The highest BCUT2D eigenvalue weighted by molar-refractivity contribution is 5.45. The summed E-state index contributed by atoms with van der Waals surface area (Å²) in [5.41, 5.74) is -2.05. The van der Waals surface area contributed by atoms with Crippen LogP contribution in [0.2, 0.25) is 0 Å². The highest BCUT2D eigenvalue weighted by atomic mass is 19.4. The summed E-state index contributed by atoms with van der Waals surface area (Å²) in [5.74, 6) is -0.609. The molecule has 3 rings (SSSR count). The number of hydrogen-bond acceptors (Lipinski definition) is 3. The lowest BCUT2D eigenvalue weighted by Gasteiger charge is -2.19. The summed E-state index contributed by atoms with van der Waals surface area (Å²) in [6, 6.07) is 4.21. The first kappa shape index (κ1) is 20.4. The molecule has 2 aromatic rings. The first-order valence-corrected chi connectivity index (χ1v) is 8.40. The van der Waals surface area contributed by atoms with Crippen LogP contribution in [-0.4, -0.2) is 24.1 Å². The molecule has 0 bridgehead atoms. The van der Waals surface area contributed by atoms with E-state index in [1.165, 1.54) is 12.3 Å². The topological polar surface area (TPSA) is 28.2 Å². The van der Waals surface area contributed by atoms with E-state index in [0.29, 0.717) is 25.2 Å². The monoisotopic (exact) mass is 407 g/mol.